The van der Waals surface area contributed by atoms with Gasteiger partial charge in [-0.05, 0) is 66.4 Å². The van der Waals surface area contributed by atoms with Crippen LogP contribution in [0.2, 0.25) is 0 Å². The molecule has 29 heavy (non-hydrogen) atoms. The van der Waals surface area contributed by atoms with E-state index in [0.717, 1.165) is 28.2 Å². The van der Waals surface area contributed by atoms with E-state index in [1.807, 2.05) is 43.6 Å². The summed E-state index contributed by atoms with van der Waals surface area (Å²) in [5, 5.41) is 0. The van der Waals surface area contributed by atoms with E-state index in [9.17, 15) is 0 Å². The van der Waals surface area contributed by atoms with Crippen molar-refractivity contribution in [2.75, 3.05) is 0 Å². The molecule has 0 aliphatic carbocycles. The van der Waals surface area contributed by atoms with E-state index in [0.29, 0.717) is 5.89 Å². The molecule has 0 N–H and O–H groups in total. The van der Waals surface area contributed by atoms with E-state index >= 15 is 0 Å². The van der Waals surface area contributed by atoms with Crippen molar-refractivity contribution in [1.82, 2.24) is 14.5 Å². The molecule has 4 heteroatoms. The van der Waals surface area contributed by atoms with Crippen molar-refractivity contribution in [2.24, 2.45) is 0 Å². The Morgan fingerprint density at radius 2 is 1.55 bits per heavy atom. The first kappa shape index (κ1) is 17.4. The molecule has 0 spiro atoms. The fourth-order valence-corrected chi connectivity index (χ4v) is 4.01. The highest BCUT2D eigenvalue weighted by atomic mass is 16.3. The lowest BCUT2D eigenvalue weighted by Crippen LogP contribution is -2.02. The van der Waals surface area contributed by atoms with Crippen molar-refractivity contribution in [3.05, 3.63) is 90.1 Å². The zero-order valence-corrected chi connectivity index (χ0v) is 16.7. The van der Waals surface area contributed by atoms with Gasteiger partial charge in [0, 0.05) is 24.9 Å². The zero-order valence-electron chi connectivity index (χ0n) is 16.7. The van der Waals surface area contributed by atoms with Crippen LogP contribution < -0.4 is 0 Å². The summed E-state index contributed by atoms with van der Waals surface area (Å²) >= 11 is 0. The molecule has 0 amide bonds. The van der Waals surface area contributed by atoms with E-state index in [2.05, 4.69) is 64.8 Å². The highest BCUT2D eigenvalue weighted by Gasteiger charge is 2.15. The number of hydrogen-bond donors (Lipinski definition) is 0. The van der Waals surface area contributed by atoms with Gasteiger partial charge in [0.1, 0.15) is 11.3 Å². The summed E-state index contributed by atoms with van der Waals surface area (Å²) < 4.78 is 7.77. The van der Waals surface area contributed by atoms with E-state index in [1.165, 1.54) is 22.3 Å². The summed E-state index contributed by atoms with van der Waals surface area (Å²) in [6.45, 7) is 6.17. The van der Waals surface area contributed by atoms with E-state index in [4.69, 9.17) is 4.42 Å². The summed E-state index contributed by atoms with van der Waals surface area (Å²) in [6, 6.07) is 21.0. The van der Waals surface area contributed by atoms with Crippen LogP contribution in [0.3, 0.4) is 0 Å². The molecule has 0 aliphatic rings. The van der Waals surface area contributed by atoms with Crippen LogP contribution in [0.25, 0.3) is 39.3 Å². The van der Waals surface area contributed by atoms with Gasteiger partial charge in [-0.15, -0.1) is 0 Å². The van der Waals surface area contributed by atoms with Gasteiger partial charge in [0.25, 0.3) is 0 Å². The van der Waals surface area contributed by atoms with Gasteiger partial charge in [-0.3, -0.25) is 4.57 Å². The molecule has 3 aromatic carbocycles. The largest absolute Gasteiger partial charge is 0.441 e. The van der Waals surface area contributed by atoms with Crippen LogP contribution in [-0.4, -0.2) is 14.5 Å². The lowest BCUT2D eigenvalue weighted by molar-refractivity contribution is 0.561. The Balaban J connectivity index is 1.63. The number of oxazole rings is 1. The minimum atomic E-state index is 0.670. The first-order valence-electron chi connectivity index (χ1n) is 9.68. The molecule has 142 valence electrons. The molecule has 0 bridgehead atoms. The maximum Gasteiger partial charge on any atom is 0.192 e. The molecular weight excluding hydrogens is 358 g/mol. The SMILES string of the molecule is Cc1nc2cc(-c3nccn3-c3c(C)cc(-c4ccccc4)cc3C)ccc2o1. The molecule has 0 atom stereocenters. The number of hydrogen-bond acceptors (Lipinski definition) is 3. The third-order valence-electron chi connectivity index (χ3n) is 5.23. The topological polar surface area (TPSA) is 43.9 Å². The minimum Gasteiger partial charge on any atom is -0.441 e. The van der Waals surface area contributed by atoms with Crippen LogP contribution in [0.5, 0.6) is 0 Å². The van der Waals surface area contributed by atoms with Crippen molar-refractivity contribution >= 4 is 11.1 Å². The summed E-state index contributed by atoms with van der Waals surface area (Å²) in [6.07, 6.45) is 3.86. The molecule has 0 aliphatic heterocycles. The molecule has 0 unspecified atom stereocenters. The molecule has 0 saturated heterocycles. The van der Waals surface area contributed by atoms with Crippen LogP contribution >= 0.6 is 0 Å². The number of aryl methyl sites for hydroxylation is 3. The Bertz CT molecular complexity index is 1310. The average Bonchev–Trinajstić information content (AvgIpc) is 3.33. The normalized spacial score (nSPS) is 11.3. The standard InChI is InChI=1S/C25H21N3O/c1-16-13-21(19-7-5-4-6-8-19)14-17(2)24(16)28-12-11-26-25(28)20-9-10-23-22(15-20)27-18(3)29-23/h4-15H,1-3H3. The lowest BCUT2D eigenvalue weighted by atomic mass is 9.98. The third-order valence-corrected chi connectivity index (χ3v) is 5.23. The van der Waals surface area contributed by atoms with Gasteiger partial charge in [-0.1, -0.05) is 30.3 Å². The lowest BCUT2D eigenvalue weighted by Gasteiger charge is -2.16. The monoisotopic (exact) mass is 379 g/mol. The van der Waals surface area contributed by atoms with Gasteiger partial charge in [0.05, 0.1) is 5.69 Å². The summed E-state index contributed by atoms with van der Waals surface area (Å²) in [5.74, 6) is 1.56. The van der Waals surface area contributed by atoms with Crippen LogP contribution in [-0.2, 0) is 0 Å². The second-order valence-corrected chi connectivity index (χ2v) is 7.36. The number of fused-ring (bicyclic) bond motifs is 1. The number of aromatic nitrogens is 3. The highest BCUT2D eigenvalue weighted by Crippen LogP contribution is 2.31. The zero-order chi connectivity index (χ0) is 20.0. The molecule has 0 saturated carbocycles. The minimum absolute atomic E-state index is 0.670. The van der Waals surface area contributed by atoms with Gasteiger partial charge in [0.15, 0.2) is 11.5 Å². The van der Waals surface area contributed by atoms with E-state index < -0.39 is 0 Å². The van der Waals surface area contributed by atoms with Crippen molar-refractivity contribution in [2.45, 2.75) is 20.8 Å². The third kappa shape index (κ3) is 3.03. The van der Waals surface area contributed by atoms with Crippen molar-refractivity contribution in [3.63, 3.8) is 0 Å². The molecule has 0 fully saturated rings. The first-order chi connectivity index (χ1) is 14.1. The number of rotatable bonds is 3. The van der Waals surface area contributed by atoms with Crippen molar-refractivity contribution in [3.8, 4) is 28.2 Å². The van der Waals surface area contributed by atoms with Gasteiger partial charge < -0.3 is 4.42 Å². The van der Waals surface area contributed by atoms with Gasteiger partial charge in [-0.25, -0.2) is 9.97 Å². The average molecular weight is 379 g/mol. The number of nitrogens with zero attached hydrogens (tertiary/aromatic N) is 3. The fraction of sp³-hybridized carbons (Fsp3) is 0.120. The van der Waals surface area contributed by atoms with Gasteiger partial charge in [-0.2, -0.15) is 0 Å². The molecule has 2 aromatic heterocycles. The molecule has 5 rings (SSSR count). The Morgan fingerprint density at radius 1 is 0.793 bits per heavy atom. The first-order valence-corrected chi connectivity index (χ1v) is 9.68. The Kier molecular flexibility index (Phi) is 4.06. The number of benzene rings is 3. The van der Waals surface area contributed by atoms with Crippen LogP contribution in [0.1, 0.15) is 17.0 Å². The summed E-state index contributed by atoms with van der Waals surface area (Å²) in [5.41, 5.74) is 8.69. The van der Waals surface area contributed by atoms with Crippen LogP contribution in [0.4, 0.5) is 0 Å². The Labute approximate surface area is 169 Å². The Hall–Kier alpha value is -3.66. The maximum absolute atomic E-state index is 5.61. The van der Waals surface area contributed by atoms with Crippen molar-refractivity contribution < 1.29 is 4.42 Å². The smallest absolute Gasteiger partial charge is 0.192 e. The summed E-state index contributed by atoms with van der Waals surface area (Å²) in [7, 11) is 0. The van der Waals surface area contributed by atoms with Gasteiger partial charge in [0.2, 0.25) is 0 Å². The van der Waals surface area contributed by atoms with E-state index in [-0.39, 0.29) is 0 Å². The second-order valence-electron chi connectivity index (χ2n) is 7.36. The van der Waals surface area contributed by atoms with E-state index in [1.54, 1.807) is 0 Å². The number of imidazole rings is 1. The molecule has 0 radical (unpaired) electrons. The second kappa shape index (κ2) is 6.74. The predicted molar refractivity (Wildman–Crippen MR) is 116 cm³/mol. The maximum atomic E-state index is 5.61. The molecule has 5 aromatic rings. The van der Waals surface area contributed by atoms with Crippen molar-refractivity contribution in [1.29, 1.82) is 0 Å². The quantitative estimate of drug-likeness (QED) is 0.371. The fourth-order valence-electron chi connectivity index (χ4n) is 4.01. The van der Waals surface area contributed by atoms with Crippen LogP contribution in [0.15, 0.2) is 77.5 Å². The van der Waals surface area contributed by atoms with Gasteiger partial charge >= 0.3 is 0 Å². The molecule has 2 heterocycles. The molecule has 4 nitrogen and oxygen atoms in total. The Morgan fingerprint density at radius 3 is 2.31 bits per heavy atom. The van der Waals surface area contributed by atoms with Crippen LogP contribution in [0, 0.1) is 20.8 Å². The predicted octanol–water partition coefficient (Wildman–Crippen LogP) is 6.27. The highest BCUT2D eigenvalue weighted by molar-refractivity contribution is 5.79. The molecular formula is C25H21N3O. The summed E-state index contributed by atoms with van der Waals surface area (Å²) in [4.78, 5) is 9.11.